The minimum absolute atomic E-state index is 0.0510. The standard InChI is InChI=1S/C15H19N3O2.C2HF3O2/c1-18(2)13(19)10-3-4-11-8-15(5-6-16-9-15)14(20)17-12(11)7-10;3-2(4,5)1(6)7/h3-4,7,16H,5-6,8-9H2,1-2H3,(H,17,20);(H,6,7). The molecule has 27 heavy (non-hydrogen) atoms. The molecule has 1 unspecified atom stereocenters. The van der Waals surface area contributed by atoms with Gasteiger partial charge in [0.2, 0.25) is 5.91 Å². The molecule has 2 aliphatic rings. The maximum Gasteiger partial charge on any atom is 0.490 e. The van der Waals surface area contributed by atoms with Crippen LogP contribution in [-0.4, -0.2) is 61.2 Å². The Morgan fingerprint density at radius 3 is 2.37 bits per heavy atom. The molecular weight excluding hydrogens is 367 g/mol. The van der Waals surface area contributed by atoms with Gasteiger partial charge in [0.05, 0.1) is 5.41 Å². The lowest BCUT2D eigenvalue weighted by molar-refractivity contribution is -0.192. The summed E-state index contributed by atoms with van der Waals surface area (Å²) < 4.78 is 31.7. The van der Waals surface area contributed by atoms with E-state index >= 15 is 0 Å². The van der Waals surface area contributed by atoms with Gasteiger partial charge in [-0.15, -0.1) is 0 Å². The summed E-state index contributed by atoms with van der Waals surface area (Å²) in [4.78, 5) is 34.7. The van der Waals surface area contributed by atoms with Crippen LogP contribution in [0.5, 0.6) is 0 Å². The van der Waals surface area contributed by atoms with Crippen molar-refractivity contribution in [1.82, 2.24) is 10.2 Å². The van der Waals surface area contributed by atoms with Crippen molar-refractivity contribution in [1.29, 1.82) is 0 Å². The van der Waals surface area contributed by atoms with Gasteiger partial charge >= 0.3 is 12.1 Å². The number of halogens is 3. The monoisotopic (exact) mass is 387 g/mol. The van der Waals surface area contributed by atoms with Gasteiger partial charge in [-0.2, -0.15) is 13.2 Å². The first-order chi connectivity index (χ1) is 12.5. The molecule has 0 aromatic heterocycles. The van der Waals surface area contributed by atoms with Crippen LogP contribution < -0.4 is 10.6 Å². The predicted octanol–water partition coefficient (Wildman–Crippen LogP) is 1.50. The molecule has 1 aromatic rings. The number of nitrogens with one attached hydrogen (secondary N) is 2. The molecule has 10 heteroatoms. The van der Waals surface area contributed by atoms with Crippen LogP contribution in [-0.2, 0) is 16.0 Å². The Labute approximate surface area is 153 Å². The Hall–Kier alpha value is -2.62. The van der Waals surface area contributed by atoms with Crippen molar-refractivity contribution in [2.24, 2.45) is 5.41 Å². The van der Waals surface area contributed by atoms with Crippen molar-refractivity contribution in [2.75, 3.05) is 32.5 Å². The molecule has 2 heterocycles. The number of hydrogen-bond donors (Lipinski definition) is 3. The van der Waals surface area contributed by atoms with Crippen LogP contribution >= 0.6 is 0 Å². The fraction of sp³-hybridized carbons (Fsp3) is 0.471. The molecule has 0 radical (unpaired) electrons. The molecule has 0 aliphatic carbocycles. The Balaban J connectivity index is 0.000000321. The summed E-state index contributed by atoms with van der Waals surface area (Å²) in [5.74, 6) is -2.73. The maximum atomic E-state index is 12.3. The Morgan fingerprint density at radius 1 is 1.26 bits per heavy atom. The first-order valence-corrected chi connectivity index (χ1v) is 8.13. The Kier molecular flexibility index (Phi) is 5.79. The molecule has 148 valence electrons. The molecule has 1 atom stereocenters. The zero-order valence-corrected chi connectivity index (χ0v) is 14.8. The first-order valence-electron chi connectivity index (χ1n) is 8.13. The summed E-state index contributed by atoms with van der Waals surface area (Å²) in [6, 6.07) is 5.59. The van der Waals surface area contributed by atoms with E-state index < -0.39 is 12.1 Å². The fourth-order valence-corrected chi connectivity index (χ4v) is 3.03. The van der Waals surface area contributed by atoms with Crippen LogP contribution in [0.2, 0.25) is 0 Å². The minimum Gasteiger partial charge on any atom is -0.475 e. The van der Waals surface area contributed by atoms with Crippen molar-refractivity contribution in [2.45, 2.75) is 19.0 Å². The molecule has 3 N–H and O–H groups in total. The highest BCUT2D eigenvalue weighted by molar-refractivity contribution is 6.01. The average Bonchev–Trinajstić information content (AvgIpc) is 3.04. The number of carbonyl (C=O) groups is 3. The number of carboxylic acid groups (broad SMARTS) is 1. The van der Waals surface area contributed by atoms with Gasteiger partial charge in [0.1, 0.15) is 0 Å². The zero-order chi connectivity index (χ0) is 20.4. The van der Waals surface area contributed by atoms with Crippen molar-refractivity contribution in [3.05, 3.63) is 29.3 Å². The molecule has 1 fully saturated rings. The zero-order valence-electron chi connectivity index (χ0n) is 14.8. The van der Waals surface area contributed by atoms with Gasteiger partial charge in [0.25, 0.3) is 5.91 Å². The van der Waals surface area contributed by atoms with E-state index in [9.17, 15) is 22.8 Å². The summed E-state index contributed by atoms with van der Waals surface area (Å²) in [5, 5.41) is 13.4. The number of nitrogens with zero attached hydrogens (tertiary/aromatic N) is 1. The molecule has 1 aromatic carbocycles. The highest BCUT2D eigenvalue weighted by atomic mass is 19.4. The topological polar surface area (TPSA) is 98.7 Å². The van der Waals surface area contributed by atoms with Gasteiger partial charge in [-0.05, 0) is 37.1 Å². The summed E-state index contributed by atoms with van der Waals surface area (Å²) in [6.07, 6.45) is -3.46. The molecule has 1 saturated heterocycles. The van der Waals surface area contributed by atoms with Crippen molar-refractivity contribution in [3.8, 4) is 0 Å². The van der Waals surface area contributed by atoms with Gasteiger partial charge in [-0.1, -0.05) is 6.07 Å². The van der Waals surface area contributed by atoms with Crippen LogP contribution in [0.4, 0.5) is 18.9 Å². The second-order valence-electron chi connectivity index (χ2n) is 6.71. The SMILES string of the molecule is CN(C)C(=O)c1ccc2c(c1)NC(=O)C1(CCNC1)C2.O=C(O)C(F)(F)F. The smallest absolute Gasteiger partial charge is 0.475 e. The molecule has 7 nitrogen and oxygen atoms in total. The summed E-state index contributed by atoms with van der Waals surface area (Å²) in [6.45, 7) is 1.62. The number of fused-ring (bicyclic) bond motifs is 1. The number of amides is 2. The summed E-state index contributed by atoms with van der Waals surface area (Å²) in [5.41, 5.74) is 2.19. The second-order valence-corrected chi connectivity index (χ2v) is 6.71. The number of alkyl halides is 3. The lowest BCUT2D eigenvalue weighted by atomic mass is 9.77. The molecule has 0 bridgehead atoms. The average molecular weight is 387 g/mol. The number of aliphatic carboxylic acids is 1. The number of rotatable bonds is 1. The highest BCUT2D eigenvalue weighted by Gasteiger charge is 2.44. The summed E-state index contributed by atoms with van der Waals surface area (Å²) >= 11 is 0. The maximum absolute atomic E-state index is 12.3. The molecule has 1 spiro atoms. The van der Waals surface area contributed by atoms with Crippen LogP contribution in [0.25, 0.3) is 0 Å². The fourth-order valence-electron chi connectivity index (χ4n) is 3.03. The van der Waals surface area contributed by atoms with Crippen molar-refractivity contribution < 1.29 is 32.7 Å². The first kappa shape index (κ1) is 20.7. The lowest BCUT2D eigenvalue weighted by Crippen LogP contribution is -2.43. The lowest BCUT2D eigenvalue weighted by Gasteiger charge is -2.33. The third-order valence-electron chi connectivity index (χ3n) is 4.51. The van der Waals surface area contributed by atoms with Gasteiger partial charge in [0.15, 0.2) is 0 Å². The molecular formula is C17H20F3N3O4. The van der Waals surface area contributed by atoms with E-state index in [-0.39, 0.29) is 17.2 Å². The largest absolute Gasteiger partial charge is 0.490 e. The number of carboxylic acids is 1. The number of anilines is 1. The van der Waals surface area contributed by atoms with E-state index in [1.54, 1.807) is 20.2 Å². The molecule has 3 rings (SSSR count). The third-order valence-corrected chi connectivity index (χ3v) is 4.51. The second kappa shape index (κ2) is 7.55. The van der Waals surface area contributed by atoms with Crippen LogP contribution in [0.3, 0.4) is 0 Å². The Bertz CT molecular complexity index is 756. The number of carbonyl (C=O) groups excluding carboxylic acids is 2. The van der Waals surface area contributed by atoms with E-state index in [0.717, 1.165) is 37.2 Å². The van der Waals surface area contributed by atoms with E-state index in [2.05, 4.69) is 10.6 Å². The third kappa shape index (κ3) is 4.57. The highest BCUT2D eigenvalue weighted by Crippen LogP contribution is 2.38. The predicted molar refractivity (Wildman–Crippen MR) is 90.4 cm³/mol. The Morgan fingerprint density at radius 2 is 1.89 bits per heavy atom. The normalized spacial score (nSPS) is 21.0. The molecule has 0 saturated carbocycles. The quantitative estimate of drug-likeness (QED) is 0.678. The van der Waals surface area contributed by atoms with E-state index in [0.29, 0.717) is 5.56 Å². The van der Waals surface area contributed by atoms with Gasteiger partial charge < -0.3 is 20.6 Å². The van der Waals surface area contributed by atoms with Crippen molar-refractivity contribution in [3.63, 3.8) is 0 Å². The van der Waals surface area contributed by atoms with Crippen LogP contribution in [0.1, 0.15) is 22.3 Å². The van der Waals surface area contributed by atoms with E-state index in [4.69, 9.17) is 9.90 Å². The van der Waals surface area contributed by atoms with E-state index in [1.807, 2.05) is 12.1 Å². The van der Waals surface area contributed by atoms with Crippen molar-refractivity contribution >= 4 is 23.5 Å². The molecule has 2 aliphatic heterocycles. The van der Waals surface area contributed by atoms with Gasteiger partial charge in [0, 0.05) is 31.9 Å². The number of hydrogen-bond acceptors (Lipinski definition) is 4. The van der Waals surface area contributed by atoms with Crippen LogP contribution in [0, 0.1) is 5.41 Å². The van der Waals surface area contributed by atoms with Gasteiger partial charge in [-0.3, -0.25) is 9.59 Å². The minimum atomic E-state index is -5.08. The summed E-state index contributed by atoms with van der Waals surface area (Å²) in [7, 11) is 3.44. The number of benzene rings is 1. The molecule has 2 amide bonds. The van der Waals surface area contributed by atoms with Crippen LogP contribution in [0.15, 0.2) is 18.2 Å². The van der Waals surface area contributed by atoms with E-state index in [1.165, 1.54) is 4.90 Å². The van der Waals surface area contributed by atoms with Gasteiger partial charge in [-0.25, -0.2) is 4.79 Å².